The summed E-state index contributed by atoms with van der Waals surface area (Å²) in [5.74, 6) is -1.21. The van der Waals surface area contributed by atoms with Crippen LogP contribution in [0.25, 0.3) is 0 Å². The van der Waals surface area contributed by atoms with Crippen LogP contribution in [0.5, 0.6) is 5.75 Å². The van der Waals surface area contributed by atoms with Gasteiger partial charge >= 0.3 is 5.97 Å². The standard InChI is InChI=1S/C14H18BrNO5/c1-9(21-11-7-5-4-6-10(11)15)12(17)16-14(2,8-20-3)13(18)19/h4-7,9H,8H2,1-3H3,(H,16,17)(H,18,19). The zero-order chi connectivity index (χ0) is 16.0. The van der Waals surface area contributed by atoms with Gasteiger partial charge in [0.05, 0.1) is 11.1 Å². The molecule has 7 heteroatoms. The molecule has 1 aromatic carbocycles. The van der Waals surface area contributed by atoms with Crippen LogP contribution in [0.15, 0.2) is 28.7 Å². The average molecular weight is 360 g/mol. The maximum absolute atomic E-state index is 12.1. The first kappa shape index (κ1) is 17.5. The highest BCUT2D eigenvalue weighted by Crippen LogP contribution is 2.24. The van der Waals surface area contributed by atoms with Crippen molar-refractivity contribution in [2.75, 3.05) is 13.7 Å². The van der Waals surface area contributed by atoms with Crippen molar-refractivity contribution in [3.63, 3.8) is 0 Å². The SMILES string of the molecule is COCC(C)(NC(=O)C(C)Oc1ccccc1Br)C(=O)O. The van der Waals surface area contributed by atoms with E-state index in [9.17, 15) is 14.7 Å². The van der Waals surface area contributed by atoms with E-state index in [-0.39, 0.29) is 6.61 Å². The molecule has 0 aliphatic carbocycles. The lowest BCUT2D eigenvalue weighted by Crippen LogP contribution is -2.57. The number of ether oxygens (including phenoxy) is 2. The molecule has 6 nitrogen and oxygen atoms in total. The lowest BCUT2D eigenvalue weighted by atomic mass is 10.0. The zero-order valence-corrected chi connectivity index (χ0v) is 13.6. The molecule has 0 heterocycles. The fourth-order valence-corrected chi connectivity index (χ4v) is 1.98. The lowest BCUT2D eigenvalue weighted by Gasteiger charge is -2.27. The number of nitrogens with one attached hydrogen (secondary N) is 1. The Kier molecular flexibility index (Phi) is 6.17. The summed E-state index contributed by atoms with van der Waals surface area (Å²) in [4.78, 5) is 23.3. The highest BCUT2D eigenvalue weighted by Gasteiger charge is 2.36. The molecule has 1 aromatic rings. The minimum atomic E-state index is -1.50. The first-order valence-electron chi connectivity index (χ1n) is 6.25. The Hall–Kier alpha value is -1.60. The Labute approximate surface area is 131 Å². The van der Waals surface area contributed by atoms with Crippen LogP contribution in [0.2, 0.25) is 0 Å². The van der Waals surface area contributed by atoms with E-state index < -0.39 is 23.5 Å². The van der Waals surface area contributed by atoms with Crippen molar-refractivity contribution in [2.24, 2.45) is 0 Å². The number of hydrogen-bond donors (Lipinski definition) is 2. The second kappa shape index (κ2) is 7.42. The van der Waals surface area contributed by atoms with E-state index in [4.69, 9.17) is 9.47 Å². The number of para-hydroxylation sites is 1. The normalized spacial score (nSPS) is 14.9. The van der Waals surface area contributed by atoms with Gasteiger partial charge in [0.1, 0.15) is 5.75 Å². The van der Waals surface area contributed by atoms with Crippen molar-refractivity contribution in [3.05, 3.63) is 28.7 Å². The molecule has 0 fully saturated rings. The van der Waals surface area contributed by atoms with Crippen LogP contribution in [-0.4, -0.2) is 42.3 Å². The van der Waals surface area contributed by atoms with Gasteiger partial charge in [-0.05, 0) is 41.9 Å². The molecule has 21 heavy (non-hydrogen) atoms. The highest BCUT2D eigenvalue weighted by molar-refractivity contribution is 9.10. The van der Waals surface area contributed by atoms with E-state index in [2.05, 4.69) is 21.2 Å². The Morgan fingerprint density at radius 3 is 2.57 bits per heavy atom. The lowest BCUT2D eigenvalue weighted by molar-refractivity contribution is -0.150. The number of halogens is 1. The number of hydrogen-bond acceptors (Lipinski definition) is 4. The van der Waals surface area contributed by atoms with E-state index >= 15 is 0 Å². The van der Waals surface area contributed by atoms with Crippen LogP contribution in [0, 0.1) is 0 Å². The van der Waals surface area contributed by atoms with Crippen molar-refractivity contribution >= 4 is 27.8 Å². The van der Waals surface area contributed by atoms with E-state index in [0.717, 1.165) is 0 Å². The largest absolute Gasteiger partial charge is 0.480 e. The monoisotopic (exact) mass is 359 g/mol. The first-order chi connectivity index (χ1) is 9.80. The van der Waals surface area contributed by atoms with E-state index in [1.54, 1.807) is 25.1 Å². The molecule has 0 bridgehead atoms. The summed E-state index contributed by atoms with van der Waals surface area (Å²) >= 11 is 3.31. The molecule has 0 spiro atoms. The fourth-order valence-electron chi connectivity index (χ4n) is 1.60. The Bertz CT molecular complexity index is 522. The molecule has 2 atom stereocenters. The second-order valence-electron chi connectivity index (χ2n) is 4.75. The summed E-state index contributed by atoms with van der Waals surface area (Å²) in [6.45, 7) is 2.78. The summed E-state index contributed by atoms with van der Waals surface area (Å²) in [6.07, 6.45) is -0.848. The number of benzene rings is 1. The van der Waals surface area contributed by atoms with Crippen molar-refractivity contribution in [2.45, 2.75) is 25.5 Å². The first-order valence-corrected chi connectivity index (χ1v) is 7.05. The van der Waals surface area contributed by atoms with Crippen LogP contribution in [-0.2, 0) is 14.3 Å². The summed E-state index contributed by atoms with van der Waals surface area (Å²) in [6, 6.07) is 7.09. The van der Waals surface area contributed by atoms with Crippen molar-refractivity contribution in [1.82, 2.24) is 5.32 Å². The molecule has 1 rings (SSSR count). The molecule has 0 aliphatic heterocycles. The van der Waals surface area contributed by atoms with Gasteiger partial charge in [-0.3, -0.25) is 4.79 Å². The van der Waals surface area contributed by atoms with Gasteiger partial charge in [-0.15, -0.1) is 0 Å². The van der Waals surface area contributed by atoms with E-state index in [1.165, 1.54) is 14.0 Å². The van der Waals surface area contributed by atoms with Crippen LogP contribution in [0.4, 0.5) is 0 Å². The van der Waals surface area contributed by atoms with E-state index in [0.29, 0.717) is 10.2 Å². The van der Waals surface area contributed by atoms with Crippen molar-refractivity contribution in [1.29, 1.82) is 0 Å². The minimum Gasteiger partial charge on any atom is -0.480 e. The maximum atomic E-state index is 12.1. The number of rotatable bonds is 7. The maximum Gasteiger partial charge on any atom is 0.331 e. The van der Waals surface area contributed by atoms with Crippen LogP contribution >= 0.6 is 15.9 Å². The molecule has 0 saturated carbocycles. The third-order valence-electron chi connectivity index (χ3n) is 2.81. The number of methoxy groups -OCH3 is 1. The summed E-state index contributed by atoms with van der Waals surface area (Å²) in [7, 11) is 1.37. The molecule has 1 amide bonds. The topological polar surface area (TPSA) is 84.9 Å². The zero-order valence-electron chi connectivity index (χ0n) is 12.1. The van der Waals surface area contributed by atoms with Gasteiger partial charge in [-0.1, -0.05) is 12.1 Å². The number of carboxylic acids is 1. The second-order valence-corrected chi connectivity index (χ2v) is 5.60. The molecular formula is C14H18BrNO5. The molecular weight excluding hydrogens is 342 g/mol. The van der Waals surface area contributed by atoms with E-state index in [1.807, 2.05) is 6.07 Å². The number of carbonyl (C=O) groups excluding carboxylic acids is 1. The molecule has 2 N–H and O–H groups in total. The van der Waals surface area contributed by atoms with Gasteiger partial charge in [0.2, 0.25) is 0 Å². The van der Waals surface area contributed by atoms with Crippen molar-refractivity contribution in [3.8, 4) is 5.75 Å². The number of carboxylic acid groups (broad SMARTS) is 1. The predicted molar refractivity (Wildman–Crippen MR) is 80.3 cm³/mol. The Balaban J connectivity index is 2.74. The number of carbonyl (C=O) groups is 2. The van der Waals surface area contributed by atoms with Gasteiger partial charge in [0.25, 0.3) is 5.91 Å². The average Bonchev–Trinajstić information content (AvgIpc) is 2.41. The molecule has 0 saturated heterocycles. The molecule has 2 unspecified atom stereocenters. The smallest absolute Gasteiger partial charge is 0.331 e. The summed E-state index contributed by atoms with van der Waals surface area (Å²) in [5, 5.41) is 11.6. The van der Waals surface area contributed by atoms with Crippen LogP contribution in [0.1, 0.15) is 13.8 Å². The molecule has 0 aromatic heterocycles. The minimum absolute atomic E-state index is 0.143. The predicted octanol–water partition coefficient (Wildman–Crippen LogP) is 1.82. The van der Waals surface area contributed by atoms with Crippen LogP contribution < -0.4 is 10.1 Å². The van der Waals surface area contributed by atoms with Gasteiger partial charge < -0.3 is 19.9 Å². The van der Waals surface area contributed by atoms with Gasteiger partial charge in [-0.2, -0.15) is 0 Å². The molecule has 0 radical (unpaired) electrons. The van der Waals surface area contributed by atoms with Gasteiger partial charge in [0.15, 0.2) is 11.6 Å². The number of aliphatic carboxylic acids is 1. The van der Waals surface area contributed by atoms with Gasteiger partial charge in [0, 0.05) is 7.11 Å². The quantitative estimate of drug-likeness (QED) is 0.775. The van der Waals surface area contributed by atoms with Crippen molar-refractivity contribution < 1.29 is 24.2 Å². The highest BCUT2D eigenvalue weighted by atomic mass is 79.9. The Morgan fingerprint density at radius 2 is 2.05 bits per heavy atom. The molecule has 116 valence electrons. The summed E-state index contributed by atoms with van der Waals surface area (Å²) < 4.78 is 11.1. The third kappa shape index (κ3) is 4.71. The van der Waals surface area contributed by atoms with Crippen LogP contribution in [0.3, 0.4) is 0 Å². The van der Waals surface area contributed by atoms with Gasteiger partial charge in [-0.25, -0.2) is 4.79 Å². The third-order valence-corrected chi connectivity index (χ3v) is 3.47. The fraction of sp³-hybridized carbons (Fsp3) is 0.429. The summed E-state index contributed by atoms with van der Waals surface area (Å²) in [5.41, 5.74) is -1.50. The molecule has 0 aliphatic rings. The Morgan fingerprint density at radius 1 is 1.43 bits per heavy atom. The number of amides is 1.